The first kappa shape index (κ1) is 8.52. The molecule has 1 aliphatic carbocycles. The van der Waals surface area contributed by atoms with Crippen LogP contribution in [0.2, 0.25) is 0 Å². The molecule has 2 heteroatoms. The first-order chi connectivity index (χ1) is 5.85. The average Bonchev–Trinajstić information content (AvgIpc) is 2.46. The Hall–Kier alpha value is -0.0800. The zero-order chi connectivity index (χ0) is 8.44. The third-order valence-corrected chi connectivity index (χ3v) is 3.41. The summed E-state index contributed by atoms with van der Waals surface area (Å²) in [6.07, 6.45) is 6.67. The normalized spacial score (nSPS) is 28.8. The lowest BCUT2D eigenvalue weighted by Gasteiger charge is -2.39. The average molecular weight is 169 g/mol. The van der Waals surface area contributed by atoms with Crippen LogP contribution in [0.1, 0.15) is 32.1 Å². The summed E-state index contributed by atoms with van der Waals surface area (Å²) < 4.78 is 5.66. The van der Waals surface area contributed by atoms with Crippen LogP contribution in [0, 0.1) is 0 Å². The van der Waals surface area contributed by atoms with Gasteiger partial charge in [0.15, 0.2) is 0 Å². The van der Waals surface area contributed by atoms with Gasteiger partial charge in [-0.25, -0.2) is 0 Å². The highest BCUT2D eigenvalue weighted by atomic mass is 16.5. The summed E-state index contributed by atoms with van der Waals surface area (Å²) in [6.45, 7) is 3.78. The standard InChI is InChI=1S/C10H19NO/c1-12-10(5-2-3-6-10)9-11-7-4-8-11/h2-9H2,1H3. The van der Waals surface area contributed by atoms with E-state index in [9.17, 15) is 0 Å². The van der Waals surface area contributed by atoms with Crippen LogP contribution < -0.4 is 0 Å². The van der Waals surface area contributed by atoms with Crippen LogP contribution >= 0.6 is 0 Å². The Balaban J connectivity index is 1.87. The van der Waals surface area contributed by atoms with Gasteiger partial charge >= 0.3 is 0 Å². The molecule has 0 aromatic heterocycles. The van der Waals surface area contributed by atoms with Crippen LogP contribution in [0.5, 0.6) is 0 Å². The lowest BCUT2D eigenvalue weighted by Crippen LogP contribution is -2.48. The molecule has 1 heterocycles. The number of rotatable bonds is 3. The predicted octanol–water partition coefficient (Wildman–Crippen LogP) is 1.65. The summed E-state index contributed by atoms with van der Waals surface area (Å²) in [4.78, 5) is 2.52. The Kier molecular flexibility index (Phi) is 2.37. The molecule has 0 atom stereocenters. The second-order valence-corrected chi connectivity index (χ2v) is 4.22. The monoisotopic (exact) mass is 169 g/mol. The second kappa shape index (κ2) is 3.35. The number of hydrogen-bond donors (Lipinski definition) is 0. The molecule has 70 valence electrons. The maximum absolute atomic E-state index is 5.66. The second-order valence-electron chi connectivity index (χ2n) is 4.22. The van der Waals surface area contributed by atoms with E-state index in [1.807, 2.05) is 7.11 Å². The van der Waals surface area contributed by atoms with Crippen LogP contribution in [0.15, 0.2) is 0 Å². The Morgan fingerprint density at radius 3 is 2.25 bits per heavy atom. The molecule has 0 unspecified atom stereocenters. The molecule has 12 heavy (non-hydrogen) atoms. The van der Waals surface area contributed by atoms with Crippen molar-refractivity contribution < 1.29 is 4.74 Å². The molecule has 1 aliphatic heterocycles. The van der Waals surface area contributed by atoms with E-state index in [1.54, 1.807) is 0 Å². The van der Waals surface area contributed by atoms with Gasteiger partial charge in [0, 0.05) is 13.7 Å². The van der Waals surface area contributed by atoms with E-state index in [2.05, 4.69) is 4.90 Å². The van der Waals surface area contributed by atoms with E-state index >= 15 is 0 Å². The van der Waals surface area contributed by atoms with Crippen molar-refractivity contribution >= 4 is 0 Å². The minimum Gasteiger partial charge on any atom is -0.377 e. The summed E-state index contributed by atoms with van der Waals surface area (Å²) >= 11 is 0. The number of ether oxygens (including phenoxy) is 1. The van der Waals surface area contributed by atoms with Crippen molar-refractivity contribution in [3.63, 3.8) is 0 Å². The van der Waals surface area contributed by atoms with E-state index in [0.29, 0.717) is 0 Å². The Morgan fingerprint density at radius 2 is 1.83 bits per heavy atom. The zero-order valence-corrected chi connectivity index (χ0v) is 8.01. The van der Waals surface area contributed by atoms with Crippen molar-refractivity contribution in [3.8, 4) is 0 Å². The highest BCUT2D eigenvalue weighted by Crippen LogP contribution is 2.34. The van der Waals surface area contributed by atoms with Gasteiger partial charge in [-0.1, -0.05) is 12.8 Å². The molecule has 0 amide bonds. The predicted molar refractivity (Wildman–Crippen MR) is 49.3 cm³/mol. The van der Waals surface area contributed by atoms with Gasteiger partial charge in [-0.05, 0) is 32.4 Å². The molecule has 2 aliphatic rings. The minimum atomic E-state index is 0.237. The van der Waals surface area contributed by atoms with E-state index < -0.39 is 0 Å². The van der Waals surface area contributed by atoms with Crippen molar-refractivity contribution in [3.05, 3.63) is 0 Å². The fraction of sp³-hybridized carbons (Fsp3) is 1.00. The van der Waals surface area contributed by atoms with Crippen molar-refractivity contribution in [2.45, 2.75) is 37.7 Å². The van der Waals surface area contributed by atoms with Gasteiger partial charge in [0.05, 0.1) is 5.60 Å². The summed E-state index contributed by atoms with van der Waals surface area (Å²) in [6, 6.07) is 0. The number of methoxy groups -OCH3 is 1. The fourth-order valence-electron chi connectivity index (χ4n) is 2.39. The topological polar surface area (TPSA) is 12.5 Å². The summed E-state index contributed by atoms with van der Waals surface area (Å²) in [5.41, 5.74) is 0.237. The molecular formula is C10H19NO. The van der Waals surface area contributed by atoms with Crippen LogP contribution in [0.4, 0.5) is 0 Å². The van der Waals surface area contributed by atoms with Gasteiger partial charge in [-0.3, -0.25) is 0 Å². The minimum absolute atomic E-state index is 0.237. The first-order valence-electron chi connectivity index (χ1n) is 5.12. The molecule has 0 N–H and O–H groups in total. The van der Waals surface area contributed by atoms with Crippen molar-refractivity contribution in [2.75, 3.05) is 26.7 Å². The molecule has 2 fully saturated rings. The van der Waals surface area contributed by atoms with Gasteiger partial charge in [-0.15, -0.1) is 0 Å². The first-order valence-corrected chi connectivity index (χ1v) is 5.12. The SMILES string of the molecule is COC1(CN2CCC2)CCCC1. The highest BCUT2D eigenvalue weighted by molar-refractivity contribution is 4.90. The van der Waals surface area contributed by atoms with Gasteiger partial charge in [-0.2, -0.15) is 0 Å². The molecule has 1 saturated carbocycles. The van der Waals surface area contributed by atoms with Crippen molar-refractivity contribution in [1.29, 1.82) is 0 Å². The Bertz CT molecular complexity index is 148. The zero-order valence-electron chi connectivity index (χ0n) is 8.01. The van der Waals surface area contributed by atoms with E-state index in [-0.39, 0.29) is 5.60 Å². The summed E-state index contributed by atoms with van der Waals surface area (Å²) in [5, 5.41) is 0. The smallest absolute Gasteiger partial charge is 0.0805 e. The molecule has 2 rings (SSSR count). The van der Waals surface area contributed by atoms with Crippen LogP contribution in [0.3, 0.4) is 0 Å². The third kappa shape index (κ3) is 1.50. The molecular weight excluding hydrogens is 150 g/mol. The van der Waals surface area contributed by atoms with Gasteiger partial charge in [0.1, 0.15) is 0 Å². The van der Waals surface area contributed by atoms with Crippen LogP contribution in [-0.4, -0.2) is 37.2 Å². The number of nitrogens with zero attached hydrogens (tertiary/aromatic N) is 1. The number of likely N-dealkylation sites (tertiary alicyclic amines) is 1. The molecule has 0 aromatic rings. The molecule has 0 radical (unpaired) electrons. The quantitative estimate of drug-likeness (QED) is 0.637. The molecule has 0 aromatic carbocycles. The highest BCUT2D eigenvalue weighted by Gasteiger charge is 2.36. The van der Waals surface area contributed by atoms with Crippen LogP contribution in [-0.2, 0) is 4.74 Å². The molecule has 0 bridgehead atoms. The fourth-order valence-corrected chi connectivity index (χ4v) is 2.39. The lowest BCUT2D eigenvalue weighted by molar-refractivity contribution is -0.0433. The Labute approximate surface area is 74.9 Å². The molecule has 1 saturated heterocycles. The molecule has 2 nitrogen and oxygen atoms in total. The number of hydrogen-bond acceptors (Lipinski definition) is 2. The summed E-state index contributed by atoms with van der Waals surface area (Å²) in [7, 11) is 1.88. The van der Waals surface area contributed by atoms with E-state index in [1.165, 1.54) is 51.7 Å². The van der Waals surface area contributed by atoms with E-state index in [0.717, 1.165) is 0 Å². The summed E-state index contributed by atoms with van der Waals surface area (Å²) in [5.74, 6) is 0. The van der Waals surface area contributed by atoms with Gasteiger partial charge < -0.3 is 9.64 Å². The maximum Gasteiger partial charge on any atom is 0.0805 e. The van der Waals surface area contributed by atoms with E-state index in [4.69, 9.17) is 4.74 Å². The lowest BCUT2D eigenvalue weighted by atomic mass is 9.99. The van der Waals surface area contributed by atoms with Crippen LogP contribution in [0.25, 0.3) is 0 Å². The van der Waals surface area contributed by atoms with Gasteiger partial charge in [0.25, 0.3) is 0 Å². The van der Waals surface area contributed by atoms with Gasteiger partial charge in [0.2, 0.25) is 0 Å². The third-order valence-electron chi connectivity index (χ3n) is 3.41. The Morgan fingerprint density at radius 1 is 1.17 bits per heavy atom. The molecule has 0 spiro atoms. The maximum atomic E-state index is 5.66. The largest absolute Gasteiger partial charge is 0.377 e. The van der Waals surface area contributed by atoms with Crippen molar-refractivity contribution in [1.82, 2.24) is 4.90 Å². The van der Waals surface area contributed by atoms with Crippen molar-refractivity contribution in [2.24, 2.45) is 0 Å².